The number of pyridine rings is 1. The van der Waals surface area contributed by atoms with E-state index in [0.29, 0.717) is 18.5 Å². The Morgan fingerprint density at radius 2 is 1.68 bits per heavy atom. The highest BCUT2D eigenvalue weighted by molar-refractivity contribution is 7.92. The van der Waals surface area contributed by atoms with E-state index in [1.807, 2.05) is 31.2 Å². The predicted molar refractivity (Wildman–Crippen MR) is 110 cm³/mol. The van der Waals surface area contributed by atoms with Crippen molar-refractivity contribution in [2.24, 2.45) is 0 Å². The number of rotatable bonds is 7. The maximum atomic E-state index is 12.4. The minimum atomic E-state index is -3.73. The number of hydrogen-bond acceptors (Lipinski definition) is 4. The first-order valence-electron chi connectivity index (χ1n) is 8.82. The molecule has 1 amide bonds. The summed E-state index contributed by atoms with van der Waals surface area (Å²) in [5, 5.41) is 2.79. The number of carbonyl (C=O) groups is 1. The molecule has 0 saturated heterocycles. The summed E-state index contributed by atoms with van der Waals surface area (Å²) < 4.78 is 27.2. The zero-order valence-corrected chi connectivity index (χ0v) is 16.2. The Balaban J connectivity index is 1.57. The largest absolute Gasteiger partial charge is 0.326 e. The van der Waals surface area contributed by atoms with Gasteiger partial charge in [-0.25, -0.2) is 13.4 Å². The van der Waals surface area contributed by atoms with Crippen LogP contribution >= 0.6 is 0 Å². The first-order chi connectivity index (χ1) is 13.4. The minimum absolute atomic E-state index is 0.0933. The Morgan fingerprint density at radius 1 is 0.964 bits per heavy atom. The molecule has 0 atom stereocenters. The van der Waals surface area contributed by atoms with Crippen LogP contribution in [0.1, 0.15) is 17.5 Å². The predicted octanol–water partition coefficient (Wildman–Crippen LogP) is 3.76. The molecule has 7 heteroatoms. The average Bonchev–Trinajstić information content (AvgIpc) is 2.68. The van der Waals surface area contributed by atoms with Crippen molar-refractivity contribution in [2.75, 3.05) is 10.0 Å². The molecular weight excluding hydrogens is 374 g/mol. The minimum Gasteiger partial charge on any atom is -0.326 e. The van der Waals surface area contributed by atoms with Gasteiger partial charge in [-0.05, 0) is 55.3 Å². The molecule has 0 radical (unpaired) electrons. The van der Waals surface area contributed by atoms with Gasteiger partial charge in [-0.3, -0.25) is 9.52 Å². The fraction of sp³-hybridized carbons (Fsp3) is 0.143. The Labute approximate surface area is 164 Å². The second-order valence-corrected chi connectivity index (χ2v) is 8.06. The number of sulfonamides is 1. The molecule has 2 N–H and O–H groups in total. The highest BCUT2D eigenvalue weighted by atomic mass is 32.2. The molecule has 3 rings (SSSR count). The van der Waals surface area contributed by atoms with Crippen molar-refractivity contribution in [3.63, 3.8) is 0 Å². The number of aromatic nitrogens is 1. The molecule has 1 aromatic heterocycles. The number of nitrogens with zero attached hydrogens (tertiary/aromatic N) is 1. The van der Waals surface area contributed by atoms with E-state index < -0.39 is 10.0 Å². The Kier molecular flexibility index (Phi) is 6.06. The lowest BCUT2D eigenvalue weighted by molar-refractivity contribution is -0.116. The van der Waals surface area contributed by atoms with Gasteiger partial charge in [0.2, 0.25) is 5.91 Å². The molecule has 144 valence electrons. The standard InChI is InChI=1S/C21H21N3O3S/c1-16-5-7-17(8-6-16)9-14-21(25)23-18-10-12-19(13-11-18)28(26,27)24-20-4-2-3-15-22-20/h2-8,10-13,15H,9,14H2,1H3,(H,22,24)(H,23,25). The first kappa shape index (κ1) is 19.6. The quantitative estimate of drug-likeness (QED) is 0.637. The third-order valence-electron chi connectivity index (χ3n) is 4.11. The topological polar surface area (TPSA) is 88.2 Å². The summed E-state index contributed by atoms with van der Waals surface area (Å²) in [5.74, 6) is 0.124. The summed E-state index contributed by atoms with van der Waals surface area (Å²) in [6.07, 6.45) is 2.50. The highest BCUT2D eigenvalue weighted by Crippen LogP contribution is 2.17. The third kappa shape index (κ3) is 5.40. The molecular formula is C21H21N3O3S. The normalized spacial score (nSPS) is 11.0. The first-order valence-corrected chi connectivity index (χ1v) is 10.3. The number of carbonyl (C=O) groups excluding carboxylic acids is 1. The van der Waals surface area contributed by atoms with Crippen molar-refractivity contribution < 1.29 is 13.2 Å². The van der Waals surface area contributed by atoms with Crippen LogP contribution in [-0.2, 0) is 21.2 Å². The molecule has 0 aliphatic carbocycles. The maximum Gasteiger partial charge on any atom is 0.263 e. The van der Waals surface area contributed by atoms with E-state index in [1.54, 1.807) is 30.3 Å². The summed E-state index contributed by atoms with van der Waals surface area (Å²) in [6, 6.07) is 19.0. The van der Waals surface area contributed by atoms with Gasteiger partial charge in [-0.1, -0.05) is 35.9 Å². The van der Waals surface area contributed by atoms with E-state index in [4.69, 9.17) is 0 Å². The van der Waals surface area contributed by atoms with Crippen molar-refractivity contribution in [3.05, 3.63) is 84.1 Å². The van der Waals surface area contributed by atoms with Gasteiger partial charge >= 0.3 is 0 Å². The van der Waals surface area contributed by atoms with Gasteiger partial charge in [-0.2, -0.15) is 0 Å². The van der Waals surface area contributed by atoms with Crippen LogP contribution in [0.3, 0.4) is 0 Å². The number of nitrogens with one attached hydrogen (secondary N) is 2. The van der Waals surface area contributed by atoms with Crippen molar-refractivity contribution in [1.29, 1.82) is 0 Å². The van der Waals surface area contributed by atoms with Gasteiger partial charge in [-0.15, -0.1) is 0 Å². The van der Waals surface area contributed by atoms with E-state index in [1.165, 1.54) is 23.9 Å². The molecule has 0 bridgehead atoms. The van der Waals surface area contributed by atoms with Crippen LogP contribution in [0.4, 0.5) is 11.5 Å². The van der Waals surface area contributed by atoms with Crippen LogP contribution in [0.15, 0.2) is 77.8 Å². The van der Waals surface area contributed by atoms with E-state index in [-0.39, 0.29) is 16.6 Å². The van der Waals surface area contributed by atoms with Crippen molar-refractivity contribution in [2.45, 2.75) is 24.7 Å². The van der Waals surface area contributed by atoms with Crippen LogP contribution in [0.2, 0.25) is 0 Å². The zero-order chi connectivity index (χ0) is 20.0. The maximum absolute atomic E-state index is 12.4. The molecule has 3 aromatic rings. The van der Waals surface area contributed by atoms with Gasteiger partial charge in [0, 0.05) is 18.3 Å². The Bertz CT molecular complexity index is 1030. The van der Waals surface area contributed by atoms with Gasteiger partial charge in [0.15, 0.2) is 0 Å². The molecule has 0 aliphatic rings. The number of anilines is 2. The molecule has 0 unspecified atom stereocenters. The lowest BCUT2D eigenvalue weighted by atomic mass is 10.1. The van der Waals surface area contributed by atoms with Crippen LogP contribution in [-0.4, -0.2) is 19.3 Å². The monoisotopic (exact) mass is 395 g/mol. The van der Waals surface area contributed by atoms with Gasteiger partial charge in [0.05, 0.1) is 4.90 Å². The number of hydrogen-bond donors (Lipinski definition) is 2. The average molecular weight is 395 g/mol. The Hall–Kier alpha value is -3.19. The lowest BCUT2D eigenvalue weighted by Gasteiger charge is -2.09. The van der Waals surface area contributed by atoms with Crippen LogP contribution in [0.5, 0.6) is 0 Å². The summed E-state index contributed by atoms with van der Waals surface area (Å²) in [7, 11) is -3.73. The summed E-state index contributed by atoms with van der Waals surface area (Å²) in [6.45, 7) is 2.02. The second-order valence-electron chi connectivity index (χ2n) is 6.38. The van der Waals surface area contributed by atoms with Crippen LogP contribution in [0, 0.1) is 6.92 Å². The van der Waals surface area contributed by atoms with Gasteiger partial charge in [0.1, 0.15) is 5.82 Å². The third-order valence-corrected chi connectivity index (χ3v) is 5.48. The number of aryl methyl sites for hydroxylation is 2. The molecule has 28 heavy (non-hydrogen) atoms. The molecule has 0 aliphatic heterocycles. The lowest BCUT2D eigenvalue weighted by Crippen LogP contribution is -2.15. The highest BCUT2D eigenvalue weighted by Gasteiger charge is 2.14. The van der Waals surface area contributed by atoms with E-state index in [0.717, 1.165) is 5.56 Å². The van der Waals surface area contributed by atoms with Gasteiger partial charge in [0.25, 0.3) is 10.0 Å². The van der Waals surface area contributed by atoms with Crippen LogP contribution in [0.25, 0.3) is 0 Å². The zero-order valence-electron chi connectivity index (χ0n) is 15.4. The van der Waals surface area contributed by atoms with Crippen molar-refractivity contribution in [3.8, 4) is 0 Å². The molecule has 0 fully saturated rings. The van der Waals surface area contributed by atoms with E-state index in [9.17, 15) is 13.2 Å². The number of benzene rings is 2. The second kappa shape index (κ2) is 8.67. The fourth-order valence-electron chi connectivity index (χ4n) is 2.57. The van der Waals surface area contributed by atoms with Crippen LogP contribution < -0.4 is 10.0 Å². The Morgan fingerprint density at radius 3 is 2.32 bits per heavy atom. The summed E-state index contributed by atoms with van der Waals surface area (Å²) in [4.78, 5) is 16.2. The molecule has 6 nitrogen and oxygen atoms in total. The molecule has 1 heterocycles. The van der Waals surface area contributed by atoms with Crippen molar-refractivity contribution in [1.82, 2.24) is 4.98 Å². The van der Waals surface area contributed by atoms with E-state index >= 15 is 0 Å². The smallest absolute Gasteiger partial charge is 0.263 e. The SMILES string of the molecule is Cc1ccc(CCC(=O)Nc2ccc(S(=O)(=O)Nc3ccccn3)cc2)cc1. The van der Waals surface area contributed by atoms with Crippen molar-refractivity contribution >= 4 is 27.4 Å². The molecule has 0 spiro atoms. The van der Waals surface area contributed by atoms with E-state index in [2.05, 4.69) is 15.0 Å². The number of amides is 1. The van der Waals surface area contributed by atoms with Gasteiger partial charge < -0.3 is 5.32 Å². The molecule has 2 aromatic carbocycles. The summed E-state index contributed by atoms with van der Waals surface area (Å²) >= 11 is 0. The summed E-state index contributed by atoms with van der Waals surface area (Å²) in [5.41, 5.74) is 2.83. The molecule has 0 saturated carbocycles. The fourth-order valence-corrected chi connectivity index (χ4v) is 3.58.